The van der Waals surface area contributed by atoms with Gasteiger partial charge in [-0.15, -0.1) is 0 Å². The molecule has 2 rings (SSSR count). The first kappa shape index (κ1) is 16.3. The Labute approximate surface area is 126 Å². The van der Waals surface area contributed by atoms with Crippen LogP contribution >= 0.6 is 0 Å². The summed E-state index contributed by atoms with van der Waals surface area (Å²) in [5.74, 6) is 0.568. The predicted molar refractivity (Wildman–Crippen MR) is 87.6 cm³/mol. The quantitative estimate of drug-likeness (QED) is 0.803. The van der Waals surface area contributed by atoms with Crippen molar-refractivity contribution in [3.05, 3.63) is 0 Å². The van der Waals surface area contributed by atoms with Gasteiger partial charge in [0.15, 0.2) is 0 Å². The lowest BCUT2D eigenvalue weighted by Crippen LogP contribution is -2.72. The van der Waals surface area contributed by atoms with E-state index >= 15 is 0 Å². The normalized spacial score (nSPS) is 26.7. The van der Waals surface area contributed by atoms with Crippen molar-refractivity contribution in [1.82, 2.24) is 0 Å². The van der Waals surface area contributed by atoms with Gasteiger partial charge in [0.25, 0.3) is 0 Å². The third-order valence-electron chi connectivity index (χ3n) is 6.81. The molecule has 2 heteroatoms. The summed E-state index contributed by atoms with van der Waals surface area (Å²) in [5, 5.41) is 0. The van der Waals surface area contributed by atoms with Gasteiger partial charge in [-0.25, -0.2) is 0 Å². The molecular formula is C18H36N2. The minimum absolute atomic E-state index is 0.0414. The molecule has 2 saturated carbocycles. The Morgan fingerprint density at radius 1 is 0.800 bits per heavy atom. The molecule has 2 nitrogen and oxygen atoms in total. The van der Waals surface area contributed by atoms with Crippen LogP contribution in [0.1, 0.15) is 91.4 Å². The molecular weight excluding hydrogens is 244 g/mol. The number of hydrogen-bond acceptors (Lipinski definition) is 2. The van der Waals surface area contributed by atoms with Crippen molar-refractivity contribution in [3.8, 4) is 0 Å². The van der Waals surface area contributed by atoms with Crippen LogP contribution < -0.4 is 11.5 Å². The molecule has 0 spiro atoms. The van der Waals surface area contributed by atoms with Gasteiger partial charge in [0.2, 0.25) is 0 Å². The van der Waals surface area contributed by atoms with Crippen molar-refractivity contribution in [3.63, 3.8) is 0 Å². The maximum absolute atomic E-state index is 7.09. The molecule has 0 radical (unpaired) electrons. The van der Waals surface area contributed by atoms with E-state index in [-0.39, 0.29) is 16.5 Å². The zero-order valence-electron chi connectivity index (χ0n) is 14.0. The first-order valence-electron chi connectivity index (χ1n) is 9.00. The van der Waals surface area contributed by atoms with E-state index in [1.807, 2.05) is 0 Å². The average Bonchev–Trinajstić information content (AvgIpc) is 2.40. The van der Waals surface area contributed by atoms with Crippen LogP contribution in [0.5, 0.6) is 0 Å². The molecule has 2 aliphatic carbocycles. The van der Waals surface area contributed by atoms with E-state index in [1.165, 1.54) is 64.2 Å². The molecule has 20 heavy (non-hydrogen) atoms. The molecule has 4 N–H and O–H groups in total. The number of hydrogen-bond donors (Lipinski definition) is 2. The Bertz CT molecular complexity index is 285. The number of nitrogens with two attached hydrogens (primary N) is 2. The third-order valence-corrected chi connectivity index (χ3v) is 6.81. The van der Waals surface area contributed by atoms with Crippen LogP contribution in [0.3, 0.4) is 0 Å². The molecule has 2 fully saturated rings. The fourth-order valence-corrected chi connectivity index (χ4v) is 6.02. The highest BCUT2D eigenvalue weighted by Crippen LogP contribution is 2.57. The molecule has 0 unspecified atom stereocenters. The first-order chi connectivity index (χ1) is 9.42. The van der Waals surface area contributed by atoms with Crippen molar-refractivity contribution in [2.75, 3.05) is 0 Å². The van der Waals surface area contributed by atoms with Gasteiger partial charge >= 0.3 is 0 Å². The van der Waals surface area contributed by atoms with Crippen LogP contribution in [0.15, 0.2) is 0 Å². The predicted octanol–water partition coefficient (Wildman–Crippen LogP) is 4.36. The smallest absolute Gasteiger partial charge is 0.0231 e. The fourth-order valence-electron chi connectivity index (χ4n) is 6.02. The van der Waals surface area contributed by atoms with Crippen LogP contribution in [-0.4, -0.2) is 11.1 Å². The minimum atomic E-state index is -0.0414. The summed E-state index contributed by atoms with van der Waals surface area (Å²) in [6.07, 6.45) is 13.7. The van der Waals surface area contributed by atoms with E-state index in [0.717, 1.165) is 6.42 Å². The Hall–Kier alpha value is -0.0800. The molecule has 0 aliphatic heterocycles. The topological polar surface area (TPSA) is 52.0 Å². The lowest BCUT2D eigenvalue weighted by Gasteiger charge is -2.62. The fraction of sp³-hybridized carbons (Fsp3) is 1.00. The second kappa shape index (κ2) is 5.96. The molecule has 0 saturated heterocycles. The monoisotopic (exact) mass is 280 g/mol. The number of rotatable bonds is 4. The SMILES string of the molecule is CCC(C(C)C)(C1(N)CCCCC1)C1(N)CCCCC1. The van der Waals surface area contributed by atoms with Crippen molar-refractivity contribution in [2.24, 2.45) is 22.8 Å². The summed E-state index contributed by atoms with van der Waals surface area (Å²) in [7, 11) is 0. The van der Waals surface area contributed by atoms with Gasteiger partial charge in [0.1, 0.15) is 0 Å². The second-order valence-corrected chi connectivity index (χ2v) is 7.91. The third kappa shape index (κ3) is 2.33. The van der Waals surface area contributed by atoms with Gasteiger partial charge in [-0.1, -0.05) is 59.3 Å². The van der Waals surface area contributed by atoms with Crippen LogP contribution in [0.2, 0.25) is 0 Å². The molecule has 0 bridgehead atoms. The molecule has 0 aromatic rings. The van der Waals surface area contributed by atoms with Gasteiger partial charge in [-0.3, -0.25) is 0 Å². The van der Waals surface area contributed by atoms with Crippen molar-refractivity contribution in [1.29, 1.82) is 0 Å². The summed E-state index contributed by atoms with van der Waals surface area (Å²) in [6, 6.07) is 0. The summed E-state index contributed by atoms with van der Waals surface area (Å²) >= 11 is 0. The molecule has 0 aromatic carbocycles. The Kier molecular flexibility index (Phi) is 4.86. The van der Waals surface area contributed by atoms with Crippen molar-refractivity contribution < 1.29 is 0 Å². The summed E-state index contributed by atoms with van der Waals surface area (Å²) in [4.78, 5) is 0. The molecule has 0 aromatic heterocycles. The van der Waals surface area contributed by atoms with Gasteiger partial charge in [-0.2, -0.15) is 0 Å². The Morgan fingerprint density at radius 3 is 1.40 bits per heavy atom. The van der Waals surface area contributed by atoms with Crippen molar-refractivity contribution >= 4 is 0 Å². The van der Waals surface area contributed by atoms with Gasteiger partial charge in [-0.05, 0) is 38.0 Å². The van der Waals surface area contributed by atoms with E-state index < -0.39 is 0 Å². The largest absolute Gasteiger partial charge is 0.325 e. The van der Waals surface area contributed by atoms with Gasteiger partial charge in [0, 0.05) is 16.5 Å². The maximum Gasteiger partial charge on any atom is 0.0231 e. The zero-order valence-corrected chi connectivity index (χ0v) is 14.0. The summed E-state index contributed by atoms with van der Waals surface area (Å²) < 4.78 is 0. The van der Waals surface area contributed by atoms with E-state index in [4.69, 9.17) is 11.5 Å². The Balaban J connectivity index is 2.43. The molecule has 0 atom stereocenters. The van der Waals surface area contributed by atoms with E-state index in [2.05, 4.69) is 20.8 Å². The lowest BCUT2D eigenvalue weighted by atomic mass is 9.46. The van der Waals surface area contributed by atoms with Gasteiger partial charge in [0.05, 0.1) is 0 Å². The standard InChI is InChI=1S/C18H36N2/c1-4-18(15(2)3,16(19)11-7-5-8-12-16)17(20)13-9-6-10-14-17/h15H,4-14,19-20H2,1-3H3. The van der Waals surface area contributed by atoms with E-state index in [1.54, 1.807) is 0 Å². The summed E-state index contributed by atoms with van der Waals surface area (Å²) in [5.41, 5.74) is 14.2. The minimum Gasteiger partial charge on any atom is -0.325 e. The first-order valence-corrected chi connectivity index (χ1v) is 9.00. The van der Waals surface area contributed by atoms with Crippen LogP contribution in [-0.2, 0) is 0 Å². The lowest BCUT2D eigenvalue weighted by molar-refractivity contribution is -0.0637. The molecule has 2 aliphatic rings. The average molecular weight is 280 g/mol. The molecule has 118 valence electrons. The zero-order chi connectivity index (χ0) is 14.9. The van der Waals surface area contributed by atoms with Gasteiger partial charge < -0.3 is 11.5 Å². The second-order valence-electron chi connectivity index (χ2n) is 7.91. The van der Waals surface area contributed by atoms with Crippen LogP contribution in [0, 0.1) is 11.3 Å². The Morgan fingerprint density at radius 2 is 1.15 bits per heavy atom. The molecule has 0 amide bonds. The summed E-state index contributed by atoms with van der Waals surface area (Å²) in [6.45, 7) is 7.08. The van der Waals surface area contributed by atoms with Crippen molar-refractivity contribution in [2.45, 2.75) is 102 Å². The van der Waals surface area contributed by atoms with E-state index in [0.29, 0.717) is 5.92 Å². The maximum atomic E-state index is 7.09. The highest BCUT2D eigenvalue weighted by molar-refractivity contribution is 5.16. The highest BCUT2D eigenvalue weighted by atomic mass is 14.9. The highest BCUT2D eigenvalue weighted by Gasteiger charge is 2.59. The van der Waals surface area contributed by atoms with Crippen LogP contribution in [0.25, 0.3) is 0 Å². The molecule has 0 heterocycles. The van der Waals surface area contributed by atoms with E-state index in [9.17, 15) is 0 Å². The van der Waals surface area contributed by atoms with Crippen LogP contribution in [0.4, 0.5) is 0 Å².